The Balaban J connectivity index is 1.84. The van der Waals surface area contributed by atoms with Gasteiger partial charge in [0.2, 0.25) is 0 Å². The molecular weight excluding hydrogens is 250 g/mol. The maximum Gasteiger partial charge on any atom is 0.281 e. The van der Waals surface area contributed by atoms with Gasteiger partial charge in [-0.25, -0.2) is 0 Å². The van der Waals surface area contributed by atoms with Gasteiger partial charge in [-0.1, -0.05) is 6.92 Å². The van der Waals surface area contributed by atoms with Gasteiger partial charge in [0, 0.05) is 26.2 Å². The van der Waals surface area contributed by atoms with Gasteiger partial charge in [0.15, 0.2) is 0 Å². The van der Waals surface area contributed by atoms with E-state index in [-0.39, 0.29) is 6.04 Å². The zero-order valence-electron chi connectivity index (χ0n) is 11.4. The summed E-state index contributed by atoms with van der Waals surface area (Å²) in [5.74, 6) is 0.627. The van der Waals surface area contributed by atoms with E-state index in [0.29, 0.717) is 19.0 Å². The molecule has 2 rings (SSSR count). The first-order valence-electron chi connectivity index (χ1n) is 6.99. The predicted octanol–water partition coefficient (Wildman–Crippen LogP) is 0.647. The van der Waals surface area contributed by atoms with Crippen LogP contribution in [0.5, 0.6) is 0 Å². The van der Waals surface area contributed by atoms with Crippen LogP contribution in [0.1, 0.15) is 32.6 Å². The number of hydrogen-bond donors (Lipinski definition) is 1. The minimum Gasteiger partial charge on any atom is -0.317 e. The van der Waals surface area contributed by atoms with E-state index in [9.17, 15) is 8.42 Å². The van der Waals surface area contributed by atoms with Crippen LogP contribution in [0.15, 0.2) is 0 Å². The molecule has 1 saturated carbocycles. The van der Waals surface area contributed by atoms with Gasteiger partial charge >= 0.3 is 0 Å². The van der Waals surface area contributed by atoms with Gasteiger partial charge in [-0.05, 0) is 44.7 Å². The highest BCUT2D eigenvalue weighted by atomic mass is 32.2. The fourth-order valence-corrected chi connectivity index (χ4v) is 4.13. The van der Waals surface area contributed by atoms with Crippen LogP contribution in [0, 0.1) is 5.92 Å². The Morgan fingerprint density at radius 1 is 1.22 bits per heavy atom. The zero-order valence-corrected chi connectivity index (χ0v) is 12.2. The zero-order chi connectivity index (χ0) is 13.2. The second-order valence-corrected chi connectivity index (χ2v) is 7.39. The van der Waals surface area contributed by atoms with Crippen LogP contribution < -0.4 is 5.32 Å². The molecule has 0 amide bonds. The third-order valence-corrected chi connectivity index (χ3v) is 6.05. The van der Waals surface area contributed by atoms with Crippen molar-refractivity contribution >= 4 is 10.2 Å². The first-order chi connectivity index (χ1) is 8.55. The first-order valence-corrected chi connectivity index (χ1v) is 8.39. The summed E-state index contributed by atoms with van der Waals surface area (Å²) in [5, 5.41) is 3.34. The van der Waals surface area contributed by atoms with Crippen LogP contribution in [0.4, 0.5) is 0 Å². The largest absolute Gasteiger partial charge is 0.317 e. The summed E-state index contributed by atoms with van der Waals surface area (Å²) in [7, 11) is -1.48. The van der Waals surface area contributed by atoms with E-state index in [1.807, 2.05) is 0 Å². The Kier molecular flexibility index (Phi) is 4.64. The fourth-order valence-electron chi connectivity index (χ4n) is 2.50. The van der Waals surface area contributed by atoms with Gasteiger partial charge in [0.05, 0.1) is 0 Å². The lowest BCUT2D eigenvalue weighted by atomic mass is 9.98. The van der Waals surface area contributed by atoms with Crippen molar-refractivity contribution in [2.75, 3.05) is 33.2 Å². The van der Waals surface area contributed by atoms with E-state index in [4.69, 9.17) is 0 Å². The Morgan fingerprint density at radius 2 is 1.83 bits per heavy atom. The van der Waals surface area contributed by atoms with Gasteiger partial charge in [-0.3, -0.25) is 0 Å². The van der Waals surface area contributed by atoms with E-state index in [2.05, 4.69) is 12.2 Å². The molecule has 0 unspecified atom stereocenters. The number of hydrogen-bond acceptors (Lipinski definition) is 3. The van der Waals surface area contributed by atoms with Crippen LogP contribution in [-0.4, -0.2) is 56.3 Å². The molecule has 106 valence electrons. The van der Waals surface area contributed by atoms with Crippen molar-refractivity contribution in [2.24, 2.45) is 5.92 Å². The molecule has 1 aliphatic carbocycles. The summed E-state index contributed by atoms with van der Waals surface area (Å²) < 4.78 is 27.9. The molecule has 1 aliphatic heterocycles. The molecule has 2 fully saturated rings. The fraction of sp³-hybridized carbons (Fsp3) is 1.00. The third kappa shape index (κ3) is 3.23. The second-order valence-electron chi connectivity index (χ2n) is 5.41. The van der Waals surface area contributed by atoms with Crippen molar-refractivity contribution in [1.82, 2.24) is 13.9 Å². The van der Waals surface area contributed by atoms with Gasteiger partial charge in [-0.15, -0.1) is 0 Å². The Morgan fingerprint density at radius 3 is 2.33 bits per heavy atom. The molecule has 0 aromatic carbocycles. The molecule has 1 heterocycles. The van der Waals surface area contributed by atoms with E-state index >= 15 is 0 Å². The summed E-state index contributed by atoms with van der Waals surface area (Å²) in [6, 6.07) is 0.259. The highest BCUT2D eigenvalue weighted by Gasteiger charge is 2.38. The predicted molar refractivity (Wildman–Crippen MR) is 72.5 cm³/mol. The van der Waals surface area contributed by atoms with Crippen molar-refractivity contribution in [1.29, 1.82) is 0 Å². The maximum atomic E-state index is 12.3. The van der Waals surface area contributed by atoms with Crippen molar-refractivity contribution in [2.45, 2.75) is 38.6 Å². The lowest BCUT2D eigenvalue weighted by Crippen LogP contribution is -2.47. The summed E-state index contributed by atoms with van der Waals surface area (Å²) in [6.07, 6.45) is 3.99. The molecule has 0 spiro atoms. The number of nitrogens with zero attached hydrogens (tertiary/aromatic N) is 2. The average molecular weight is 275 g/mol. The monoisotopic (exact) mass is 275 g/mol. The topological polar surface area (TPSA) is 52.7 Å². The average Bonchev–Trinajstić information content (AvgIpc) is 3.20. The van der Waals surface area contributed by atoms with E-state index < -0.39 is 10.2 Å². The first kappa shape index (κ1) is 14.2. The molecule has 6 heteroatoms. The Bertz CT molecular complexity index is 360. The van der Waals surface area contributed by atoms with Gasteiger partial charge in [0.25, 0.3) is 10.2 Å². The molecule has 2 aliphatic rings. The smallest absolute Gasteiger partial charge is 0.281 e. The van der Waals surface area contributed by atoms with Crippen LogP contribution >= 0.6 is 0 Å². The van der Waals surface area contributed by atoms with E-state index in [1.165, 1.54) is 0 Å². The highest BCUT2D eigenvalue weighted by molar-refractivity contribution is 7.86. The van der Waals surface area contributed by atoms with E-state index in [1.54, 1.807) is 15.7 Å². The highest BCUT2D eigenvalue weighted by Crippen LogP contribution is 2.30. The molecule has 1 saturated heterocycles. The second kappa shape index (κ2) is 5.86. The number of nitrogens with one attached hydrogen (secondary N) is 1. The SMILES string of the molecule is CCNCC1CCN(S(=O)(=O)N(C)C2CC2)CC1. The molecule has 0 atom stereocenters. The Labute approximate surface area is 111 Å². The molecule has 0 aromatic rings. The number of rotatable bonds is 6. The molecule has 0 radical (unpaired) electrons. The lowest BCUT2D eigenvalue weighted by Gasteiger charge is -2.33. The van der Waals surface area contributed by atoms with Gasteiger partial charge < -0.3 is 5.32 Å². The van der Waals surface area contributed by atoms with Crippen LogP contribution in [0.2, 0.25) is 0 Å². The van der Waals surface area contributed by atoms with Gasteiger partial charge in [0.1, 0.15) is 0 Å². The molecule has 0 bridgehead atoms. The van der Waals surface area contributed by atoms with Gasteiger partial charge in [-0.2, -0.15) is 17.0 Å². The third-order valence-electron chi connectivity index (χ3n) is 4.01. The molecule has 1 N–H and O–H groups in total. The summed E-state index contributed by atoms with van der Waals surface area (Å²) in [6.45, 7) is 5.46. The maximum absolute atomic E-state index is 12.3. The van der Waals surface area contributed by atoms with Crippen LogP contribution in [0.3, 0.4) is 0 Å². The quantitative estimate of drug-likeness (QED) is 0.774. The minimum absolute atomic E-state index is 0.259. The molecule has 5 nitrogen and oxygen atoms in total. The van der Waals surface area contributed by atoms with E-state index in [0.717, 1.165) is 38.8 Å². The molecule has 0 aromatic heterocycles. The summed E-state index contributed by atoms with van der Waals surface area (Å²) in [5.41, 5.74) is 0. The van der Waals surface area contributed by atoms with Crippen molar-refractivity contribution < 1.29 is 8.42 Å². The summed E-state index contributed by atoms with van der Waals surface area (Å²) >= 11 is 0. The minimum atomic E-state index is -3.20. The lowest BCUT2D eigenvalue weighted by molar-refractivity contribution is 0.254. The Hall–Kier alpha value is -0.170. The standard InChI is InChI=1S/C12H25N3O2S/c1-3-13-10-11-6-8-15(9-7-11)18(16,17)14(2)12-4-5-12/h11-13H,3-10H2,1-2H3. The van der Waals surface area contributed by atoms with Crippen LogP contribution in [0.25, 0.3) is 0 Å². The normalized spacial score (nSPS) is 23.7. The number of piperidine rings is 1. The van der Waals surface area contributed by atoms with Crippen LogP contribution in [-0.2, 0) is 10.2 Å². The molecular formula is C12H25N3O2S. The van der Waals surface area contributed by atoms with Crippen molar-refractivity contribution in [3.63, 3.8) is 0 Å². The van der Waals surface area contributed by atoms with Crippen molar-refractivity contribution in [3.8, 4) is 0 Å². The van der Waals surface area contributed by atoms with Crippen molar-refractivity contribution in [3.05, 3.63) is 0 Å². The molecule has 18 heavy (non-hydrogen) atoms. The summed E-state index contributed by atoms with van der Waals surface area (Å²) in [4.78, 5) is 0.